The number of halogens is 4. The second-order valence-corrected chi connectivity index (χ2v) is 12.3. The predicted molar refractivity (Wildman–Crippen MR) is 151 cm³/mol. The van der Waals surface area contributed by atoms with E-state index in [-0.39, 0.29) is 11.0 Å². The van der Waals surface area contributed by atoms with Crippen molar-refractivity contribution in [1.82, 2.24) is 15.1 Å². The molecule has 0 bridgehead atoms. The zero-order chi connectivity index (χ0) is 28.4. The van der Waals surface area contributed by atoms with E-state index in [4.69, 9.17) is 9.47 Å². The highest BCUT2D eigenvalue weighted by atomic mass is 32.1. The van der Waals surface area contributed by atoms with Gasteiger partial charge in [-0.05, 0) is 61.4 Å². The Morgan fingerprint density at radius 3 is 2.54 bits per heavy atom. The standard InChI is InChI=1S/C31H27F4N3O2S/c1-30(34,35)25-12-18(32)2-7-22(25)29-27(23-8-9-26-24(15-36-37-26)28(23)41-29)40-21-5-3-20(4-6-21)39-11-10-38-16-31(17-38)13-19(33)14-31/h2-9,12,15,19H,10-11,13-14,16-17H2,1H3,(H,36,37). The lowest BCUT2D eigenvalue weighted by molar-refractivity contribution is -0.104. The fraction of sp³-hybridized carbons (Fsp3) is 0.323. The molecule has 2 fully saturated rings. The number of aromatic amines is 1. The highest BCUT2D eigenvalue weighted by Gasteiger charge is 2.52. The van der Waals surface area contributed by atoms with Gasteiger partial charge in [0, 0.05) is 58.6 Å². The maximum Gasteiger partial charge on any atom is 0.271 e. The topological polar surface area (TPSA) is 50.4 Å². The molecule has 3 aromatic carbocycles. The lowest BCUT2D eigenvalue weighted by atomic mass is 9.62. The quantitative estimate of drug-likeness (QED) is 0.187. The molecule has 212 valence electrons. The molecule has 0 amide bonds. The zero-order valence-corrected chi connectivity index (χ0v) is 23.0. The second-order valence-electron chi connectivity index (χ2n) is 11.3. The molecular weight excluding hydrogens is 554 g/mol. The van der Waals surface area contributed by atoms with Gasteiger partial charge in [-0.2, -0.15) is 5.10 Å². The normalized spacial score (nSPS) is 17.2. The molecule has 0 atom stereocenters. The molecule has 2 aromatic heterocycles. The van der Waals surface area contributed by atoms with Gasteiger partial charge in [0.25, 0.3) is 5.92 Å². The summed E-state index contributed by atoms with van der Waals surface area (Å²) in [4.78, 5) is 2.76. The van der Waals surface area contributed by atoms with Crippen molar-refractivity contribution in [1.29, 1.82) is 0 Å². The summed E-state index contributed by atoms with van der Waals surface area (Å²) in [6.45, 7) is 3.94. The monoisotopic (exact) mass is 581 g/mol. The van der Waals surface area contributed by atoms with Crippen LogP contribution in [0.2, 0.25) is 0 Å². The van der Waals surface area contributed by atoms with Crippen molar-refractivity contribution in [2.45, 2.75) is 31.9 Å². The molecule has 1 aliphatic heterocycles. The summed E-state index contributed by atoms with van der Waals surface area (Å²) >= 11 is 1.31. The van der Waals surface area contributed by atoms with Crippen LogP contribution >= 0.6 is 11.3 Å². The number of nitrogens with zero attached hydrogens (tertiary/aromatic N) is 2. The van der Waals surface area contributed by atoms with Crippen LogP contribution in [0.3, 0.4) is 0 Å². The summed E-state index contributed by atoms with van der Waals surface area (Å²) < 4.78 is 69.7. The van der Waals surface area contributed by atoms with Gasteiger partial charge in [0.1, 0.15) is 30.1 Å². The van der Waals surface area contributed by atoms with Gasteiger partial charge in [-0.1, -0.05) is 6.07 Å². The van der Waals surface area contributed by atoms with Crippen molar-refractivity contribution in [3.05, 3.63) is 72.2 Å². The van der Waals surface area contributed by atoms with Crippen LogP contribution in [0.4, 0.5) is 17.6 Å². The predicted octanol–water partition coefficient (Wildman–Crippen LogP) is 8.30. The number of hydrogen-bond donors (Lipinski definition) is 1. The first-order chi connectivity index (χ1) is 19.7. The Kier molecular flexibility index (Phi) is 6.24. The average molecular weight is 582 g/mol. The van der Waals surface area contributed by atoms with Gasteiger partial charge in [-0.15, -0.1) is 11.3 Å². The van der Waals surface area contributed by atoms with Gasteiger partial charge >= 0.3 is 0 Å². The van der Waals surface area contributed by atoms with E-state index >= 15 is 0 Å². The summed E-state index contributed by atoms with van der Waals surface area (Å²) in [5.74, 6) is -2.39. The Morgan fingerprint density at radius 2 is 1.80 bits per heavy atom. The zero-order valence-electron chi connectivity index (χ0n) is 22.2. The lowest BCUT2D eigenvalue weighted by Crippen LogP contribution is -2.63. The number of benzene rings is 3. The molecule has 10 heteroatoms. The number of alkyl halides is 3. The molecule has 0 unspecified atom stereocenters. The largest absolute Gasteiger partial charge is 0.492 e. The molecule has 1 saturated carbocycles. The van der Waals surface area contributed by atoms with Crippen molar-refractivity contribution < 1.29 is 27.0 Å². The number of hydrogen-bond acceptors (Lipinski definition) is 5. The first-order valence-electron chi connectivity index (χ1n) is 13.5. The minimum Gasteiger partial charge on any atom is -0.492 e. The Labute approximate surface area is 237 Å². The number of H-pyrrole nitrogens is 1. The molecule has 5 nitrogen and oxygen atoms in total. The summed E-state index contributed by atoms with van der Waals surface area (Å²) in [6, 6.07) is 14.3. The van der Waals surface area contributed by atoms with Crippen LogP contribution in [0.5, 0.6) is 17.2 Å². The average Bonchev–Trinajstić information content (AvgIpc) is 3.52. The van der Waals surface area contributed by atoms with Crippen LogP contribution in [-0.4, -0.2) is 47.5 Å². The molecular formula is C31H27F4N3O2S. The third-order valence-corrected chi connectivity index (χ3v) is 9.33. The van der Waals surface area contributed by atoms with E-state index in [2.05, 4.69) is 15.1 Å². The van der Waals surface area contributed by atoms with E-state index in [1.807, 2.05) is 12.1 Å². The molecule has 7 rings (SSSR count). The minimum atomic E-state index is -3.26. The van der Waals surface area contributed by atoms with Crippen LogP contribution in [0, 0.1) is 11.2 Å². The fourth-order valence-electron chi connectivity index (χ4n) is 6.12. The van der Waals surface area contributed by atoms with Gasteiger partial charge < -0.3 is 9.47 Å². The van der Waals surface area contributed by atoms with Crippen LogP contribution in [0.15, 0.2) is 60.8 Å². The molecule has 0 radical (unpaired) electrons. The van der Waals surface area contributed by atoms with Crippen molar-refractivity contribution in [3.63, 3.8) is 0 Å². The SMILES string of the molecule is CC(F)(F)c1cc(F)ccc1-c1sc2c(ccc3[nH]ncc32)c1Oc1ccc(OCCN2CC3(CC(F)C3)C2)cc1. The number of ether oxygens (including phenoxy) is 2. The van der Waals surface area contributed by atoms with Crippen molar-refractivity contribution in [3.8, 4) is 27.7 Å². The summed E-state index contributed by atoms with van der Waals surface area (Å²) in [5, 5.41) is 8.65. The molecule has 3 heterocycles. The molecule has 41 heavy (non-hydrogen) atoms. The molecule has 5 aromatic rings. The van der Waals surface area contributed by atoms with E-state index in [9.17, 15) is 17.6 Å². The van der Waals surface area contributed by atoms with E-state index in [0.29, 0.717) is 41.6 Å². The number of thiophene rings is 1. The van der Waals surface area contributed by atoms with Crippen LogP contribution in [0.25, 0.3) is 31.4 Å². The summed E-state index contributed by atoms with van der Waals surface area (Å²) in [7, 11) is 0. The first-order valence-corrected chi connectivity index (χ1v) is 14.3. The minimum absolute atomic E-state index is 0.203. The first kappa shape index (κ1) is 26.3. The van der Waals surface area contributed by atoms with Crippen molar-refractivity contribution in [2.75, 3.05) is 26.2 Å². The van der Waals surface area contributed by atoms with E-state index in [1.54, 1.807) is 30.5 Å². The van der Waals surface area contributed by atoms with E-state index in [0.717, 1.165) is 53.6 Å². The van der Waals surface area contributed by atoms with Gasteiger partial charge in [-0.25, -0.2) is 17.6 Å². The fourth-order valence-corrected chi connectivity index (χ4v) is 7.40. The third kappa shape index (κ3) is 4.82. The highest BCUT2D eigenvalue weighted by molar-refractivity contribution is 7.23. The van der Waals surface area contributed by atoms with E-state index in [1.165, 1.54) is 23.5 Å². The lowest BCUT2D eigenvalue weighted by Gasteiger charge is -2.57. The Balaban J connectivity index is 1.14. The van der Waals surface area contributed by atoms with Crippen LogP contribution < -0.4 is 9.47 Å². The van der Waals surface area contributed by atoms with E-state index < -0.39 is 23.5 Å². The highest BCUT2D eigenvalue weighted by Crippen LogP contribution is 2.51. The van der Waals surface area contributed by atoms with Gasteiger partial charge in [0.2, 0.25) is 0 Å². The van der Waals surface area contributed by atoms with Crippen LogP contribution in [-0.2, 0) is 5.92 Å². The number of nitrogens with one attached hydrogen (secondary N) is 1. The van der Waals surface area contributed by atoms with Gasteiger partial charge in [-0.3, -0.25) is 10.00 Å². The number of fused-ring (bicyclic) bond motifs is 3. The Hall–Kier alpha value is -3.63. The summed E-state index contributed by atoms with van der Waals surface area (Å²) in [5.41, 5.74) is 0.819. The molecule has 1 aliphatic carbocycles. The van der Waals surface area contributed by atoms with Gasteiger partial charge in [0.15, 0.2) is 5.75 Å². The number of aromatic nitrogens is 2. The van der Waals surface area contributed by atoms with Crippen LogP contribution in [0.1, 0.15) is 25.3 Å². The number of likely N-dealkylation sites (tertiary alicyclic amines) is 1. The Morgan fingerprint density at radius 1 is 1.05 bits per heavy atom. The van der Waals surface area contributed by atoms with Crippen molar-refractivity contribution in [2.24, 2.45) is 5.41 Å². The second kappa shape index (κ2) is 9.73. The number of rotatable bonds is 8. The maximum atomic E-state index is 14.6. The molecule has 1 N–H and O–H groups in total. The van der Waals surface area contributed by atoms with Crippen molar-refractivity contribution >= 4 is 32.3 Å². The molecule has 1 saturated heterocycles. The molecule has 1 spiro atoms. The maximum absolute atomic E-state index is 14.6. The Bertz CT molecular complexity index is 1730. The smallest absolute Gasteiger partial charge is 0.271 e. The summed E-state index contributed by atoms with van der Waals surface area (Å²) in [6.07, 6.45) is 2.43. The third-order valence-electron chi connectivity index (χ3n) is 8.08. The molecule has 2 aliphatic rings. The van der Waals surface area contributed by atoms with Gasteiger partial charge in [0.05, 0.1) is 16.6 Å².